The standard InChI is InChI=1S/C23H18N2O/c1-15-20-14-22(26-2)18-11-5-6-12-19(18)23(20)25(24-15)21-13-7-9-16-8-3-4-10-17(16)21/h3-14H,1-2H3. The lowest BCUT2D eigenvalue weighted by Gasteiger charge is -2.11. The number of aromatic nitrogens is 2. The molecule has 126 valence electrons. The molecule has 0 saturated carbocycles. The van der Waals surface area contributed by atoms with Crippen molar-refractivity contribution < 1.29 is 4.74 Å². The van der Waals surface area contributed by atoms with E-state index in [-0.39, 0.29) is 0 Å². The summed E-state index contributed by atoms with van der Waals surface area (Å²) in [5.41, 5.74) is 3.21. The second-order valence-electron chi connectivity index (χ2n) is 6.52. The Balaban J connectivity index is 1.97. The second kappa shape index (κ2) is 5.60. The SMILES string of the molecule is COc1cc2c(C)nn(-c3cccc4ccccc34)c2c2ccccc12. The highest BCUT2D eigenvalue weighted by molar-refractivity contribution is 6.10. The van der Waals surface area contributed by atoms with Gasteiger partial charge in [-0.2, -0.15) is 5.10 Å². The van der Waals surface area contributed by atoms with Gasteiger partial charge in [-0.25, -0.2) is 4.68 Å². The highest BCUT2D eigenvalue weighted by atomic mass is 16.5. The highest BCUT2D eigenvalue weighted by Crippen LogP contribution is 2.36. The molecule has 3 nitrogen and oxygen atoms in total. The molecule has 0 aliphatic rings. The molecule has 1 heterocycles. The third-order valence-electron chi connectivity index (χ3n) is 5.04. The molecule has 26 heavy (non-hydrogen) atoms. The van der Waals surface area contributed by atoms with Crippen LogP contribution in [0.25, 0.3) is 38.1 Å². The fourth-order valence-corrected chi connectivity index (χ4v) is 3.82. The van der Waals surface area contributed by atoms with Crippen molar-refractivity contribution in [2.75, 3.05) is 7.11 Å². The fraction of sp³-hybridized carbons (Fsp3) is 0.0870. The lowest BCUT2D eigenvalue weighted by atomic mass is 10.0. The quantitative estimate of drug-likeness (QED) is 0.416. The molecule has 0 unspecified atom stereocenters. The maximum Gasteiger partial charge on any atom is 0.127 e. The predicted octanol–water partition coefficient (Wildman–Crippen LogP) is 5.65. The summed E-state index contributed by atoms with van der Waals surface area (Å²) in [6.45, 7) is 2.05. The molecule has 1 aromatic heterocycles. The summed E-state index contributed by atoms with van der Waals surface area (Å²) in [5, 5.41) is 10.7. The van der Waals surface area contributed by atoms with E-state index >= 15 is 0 Å². The number of aryl methyl sites for hydroxylation is 1. The third kappa shape index (κ3) is 2.04. The molecule has 0 fully saturated rings. The van der Waals surface area contributed by atoms with Crippen LogP contribution in [-0.4, -0.2) is 16.9 Å². The van der Waals surface area contributed by atoms with Crippen LogP contribution in [0.5, 0.6) is 5.75 Å². The monoisotopic (exact) mass is 338 g/mol. The highest BCUT2D eigenvalue weighted by Gasteiger charge is 2.16. The molecule has 0 saturated heterocycles. The third-order valence-corrected chi connectivity index (χ3v) is 5.04. The van der Waals surface area contributed by atoms with E-state index in [2.05, 4.69) is 78.3 Å². The minimum Gasteiger partial charge on any atom is -0.496 e. The Morgan fingerprint density at radius 2 is 1.46 bits per heavy atom. The van der Waals surface area contributed by atoms with Crippen LogP contribution in [0.3, 0.4) is 0 Å². The minimum absolute atomic E-state index is 0.883. The summed E-state index contributed by atoms with van der Waals surface area (Å²) >= 11 is 0. The molecule has 0 amide bonds. The summed E-state index contributed by atoms with van der Waals surface area (Å²) < 4.78 is 7.72. The lowest BCUT2D eigenvalue weighted by molar-refractivity contribution is 0.420. The zero-order valence-corrected chi connectivity index (χ0v) is 14.7. The van der Waals surface area contributed by atoms with Crippen molar-refractivity contribution in [3.8, 4) is 11.4 Å². The number of hydrogen-bond donors (Lipinski definition) is 0. The molecular weight excluding hydrogens is 320 g/mol. The molecule has 4 aromatic carbocycles. The van der Waals surface area contributed by atoms with E-state index in [1.165, 1.54) is 10.8 Å². The molecule has 5 rings (SSSR count). The zero-order chi connectivity index (χ0) is 17.7. The Labute approximate surface area is 151 Å². The van der Waals surface area contributed by atoms with Gasteiger partial charge >= 0.3 is 0 Å². The van der Waals surface area contributed by atoms with Crippen LogP contribution in [-0.2, 0) is 0 Å². The van der Waals surface area contributed by atoms with E-state index in [9.17, 15) is 0 Å². The van der Waals surface area contributed by atoms with Crippen LogP contribution in [0.2, 0.25) is 0 Å². The number of methoxy groups -OCH3 is 1. The summed E-state index contributed by atoms with van der Waals surface area (Å²) in [6.07, 6.45) is 0. The lowest BCUT2D eigenvalue weighted by Crippen LogP contribution is -1.98. The molecule has 0 bridgehead atoms. The van der Waals surface area contributed by atoms with Gasteiger partial charge in [0.25, 0.3) is 0 Å². The van der Waals surface area contributed by atoms with Crippen LogP contribution >= 0.6 is 0 Å². The first-order chi connectivity index (χ1) is 12.8. The van der Waals surface area contributed by atoms with Crippen LogP contribution in [0.15, 0.2) is 72.8 Å². The molecule has 3 heteroatoms. The van der Waals surface area contributed by atoms with E-state index in [0.29, 0.717) is 0 Å². The Hall–Kier alpha value is -3.33. The predicted molar refractivity (Wildman–Crippen MR) is 107 cm³/mol. The minimum atomic E-state index is 0.883. The van der Waals surface area contributed by atoms with Crippen LogP contribution < -0.4 is 4.74 Å². The van der Waals surface area contributed by atoms with E-state index < -0.39 is 0 Å². The van der Waals surface area contributed by atoms with E-state index in [0.717, 1.165) is 38.8 Å². The number of ether oxygens (including phenoxy) is 1. The van der Waals surface area contributed by atoms with Gasteiger partial charge in [-0.1, -0.05) is 60.7 Å². The fourth-order valence-electron chi connectivity index (χ4n) is 3.82. The van der Waals surface area contributed by atoms with Gasteiger partial charge in [0.1, 0.15) is 5.75 Å². The van der Waals surface area contributed by atoms with Crippen LogP contribution in [0, 0.1) is 6.92 Å². The smallest absolute Gasteiger partial charge is 0.127 e. The number of hydrogen-bond acceptors (Lipinski definition) is 2. The van der Waals surface area contributed by atoms with Gasteiger partial charge in [0.2, 0.25) is 0 Å². The van der Waals surface area contributed by atoms with Crippen molar-refractivity contribution in [3.63, 3.8) is 0 Å². The number of fused-ring (bicyclic) bond motifs is 4. The van der Waals surface area contributed by atoms with Gasteiger partial charge in [-0.3, -0.25) is 0 Å². The van der Waals surface area contributed by atoms with Gasteiger partial charge in [-0.15, -0.1) is 0 Å². The van der Waals surface area contributed by atoms with Gasteiger partial charge < -0.3 is 4.74 Å². The molecule has 0 aliphatic heterocycles. The van der Waals surface area contributed by atoms with Crippen molar-refractivity contribution in [1.82, 2.24) is 9.78 Å². The molecule has 0 radical (unpaired) electrons. The van der Waals surface area contributed by atoms with E-state index in [4.69, 9.17) is 9.84 Å². The largest absolute Gasteiger partial charge is 0.496 e. The summed E-state index contributed by atoms with van der Waals surface area (Å²) in [6, 6.07) is 25.2. The first kappa shape index (κ1) is 15.0. The molecule has 0 aliphatic carbocycles. The maximum atomic E-state index is 5.64. The summed E-state index contributed by atoms with van der Waals surface area (Å²) in [4.78, 5) is 0. The average Bonchev–Trinajstić information content (AvgIpc) is 3.03. The zero-order valence-electron chi connectivity index (χ0n) is 14.7. The topological polar surface area (TPSA) is 27.1 Å². The Bertz CT molecular complexity index is 1280. The summed E-state index contributed by atoms with van der Waals surface area (Å²) in [5.74, 6) is 0.883. The molecular formula is C23H18N2O. The van der Waals surface area contributed by atoms with Crippen molar-refractivity contribution in [1.29, 1.82) is 0 Å². The molecule has 0 atom stereocenters. The van der Waals surface area contributed by atoms with Gasteiger partial charge in [0, 0.05) is 21.5 Å². The van der Waals surface area contributed by atoms with Crippen LogP contribution in [0.4, 0.5) is 0 Å². The summed E-state index contributed by atoms with van der Waals surface area (Å²) in [7, 11) is 1.72. The molecule has 0 spiro atoms. The van der Waals surface area contributed by atoms with E-state index in [1.54, 1.807) is 7.11 Å². The average molecular weight is 338 g/mol. The van der Waals surface area contributed by atoms with Crippen LogP contribution in [0.1, 0.15) is 5.69 Å². The van der Waals surface area contributed by atoms with Gasteiger partial charge in [-0.05, 0) is 24.4 Å². The van der Waals surface area contributed by atoms with Crippen molar-refractivity contribution >= 4 is 32.4 Å². The van der Waals surface area contributed by atoms with Gasteiger partial charge in [0.15, 0.2) is 0 Å². The maximum absolute atomic E-state index is 5.64. The first-order valence-corrected chi connectivity index (χ1v) is 8.71. The second-order valence-corrected chi connectivity index (χ2v) is 6.52. The van der Waals surface area contributed by atoms with Crippen molar-refractivity contribution in [3.05, 3.63) is 78.5 Å². The molecule has 5 aromatic rings. The number of nitrogens with zero attached hydrogens (tertiary/aromatic N) is 2. The van der Waals surface area contributed by atoms with Crippen molar-refractivity contribution in [2.45, 2.75) is 6.92 Å². The number of benzene rings is 4. The van der Waals surface area contributed by atoms with Gasteiger partial charge in [0.05, 0.1) is 24.0 Å². The Morgan fingerprint density at radius 1 is 0.769 bits per heavy atom. The van der Waals surface area contributed by atoms with E-state index in [1.807, 2.05) is 6.07 Å². The molecule has 0 N–H and O–H groups in total. The Morgan fingerprint density at radius 3 is 2.27 bits per heavy atom. The number of rotatable bonds is 2. The normalized spacial score (nSPS) is 11.5. The van der Waals surface area contributed by atoms with Crippen molar-refractivity contribution in [2.24, 2.45) is 0 Å². The Kier molecular flexibility index (Phi) is 3.22. The first-order valence-electron chi connectivity index (χ1n) is 8.71.